The molecule has 5 nitrogen and oxygen atoms in total. The minimum atomic E-state index is -2.84. The lowest BCUT2D eigenvalue weighted by molar-refractivity contribution is -0.0498. The molecule has 1 aromatic carbocycles. The number of halogens is 2. The number of carbonyl (C=O) groups is 1. The molecule has 0 bridgehead atoms. The molecule has 112 valence electrons. The smallest absolute Gasteiger partial charge is 0.422 e. The highest BCUT2D eigenvalue weighted by Crippen LogP contribution is 2.14. The quantitative estimate of drug-likeness (QED) is 0.818. The molecule has 0 aliphatic carbocycles. The van der Waals surface area contributed by atoms with Crippen LogP contribution in [0.3, 0.4) is 0 Å². The van der Waals surface area contributed by atoms with Gasteiger partial charge < -0.3 is 9.47 Å². The van der Waals surface area contributed by atoms with Crippen LogP contribution in [-0.4, -0.2) is 18.3 Å². The van der Waals surface area contributed by atoms with Crippen molar-refractivity contribution in [1.82, 2.24) is 10.9 Å². The highest BCUT2D eigenvalue weighted by molar-refractivity contribution is 5.66. The average molecular weight is 288 g/mol. The van der Waals surface area contributed by atoms with Crippen LogP contribution in [0.2, 0.25) is 0 Å². The summed E-state index contributed by atoms with van der Waals surface area (Å²) >= 11 is 0. The van der Waals surface area contributed by atoms with Crippen LogP contribution in [0.5, 0.6) is 5.75 Å². The molecule has 1 aromatic rings. The Morgan fingerprint density at radius 2 is 1.85 bits per heavy atom. The van der Waals surface area contributed by atoms with Crippen molar-refractivity contribution in [3.8, 4) is 5.75 Å². The Balaban J connectivity index is 2.33. The first-order chi connectivity index (χ1) is 9.26. The summed E-state index contributed by atoms with van der Waals surface area (Å²) in [6.45, 7) is 2.76. The van der Waals surface area contributed by atoms with Gasteiger partial charge in [0.15, 0.2) is 0 Å². The number of benzene rings is 1. The summed E-state index contributed by atoms with van der Waals surface area (Å²) in [6, 6.07) is 6.08. The van der Waals surface area contributed by atoms with Gasteiger partial charge in [-0.2, -0.15) is 8.78 Å². The van der Waals surface area contributed by atoms with Gasteiger partial charge in [0, 0.05) is 6.54 Å². The molecule has 20 heavy (non-hydrogen) atoms. The van der Waals surface area contributed by atoms with Crippen molar-refractivity contribution in [2.24, 2.45) is 0 Å². The Morgan fingerprint density at radius 1 is 1.25 bits per heavy atom. The van der Waals surface area contributed by atoms with Crippen molar-refractivity contribution in [1.29, 1.82) is 0 Å². The first kappa shape index (κ1) is 16.2. The fourth-order valence-electron chi connectivity index (χ4n) is 1.31. The van der Waals surface area contributed by atoms with E-state index in [1.165, 1.54) is 12.1 Å². The Morgan fingerprint density at radius 3 is 2.35 bits per heavy atom. The highest BCUT2D eigenvalue weighted by atomic mass is 19.3. The van der Waals surface area contributed by atoms with Gasteiger partial charge in [0.05, 0.1) is 0 Å². The van der Waals surface area contributed by atoms with Gasteiger partial charge in [0.1, 0.15) is 11.4 Å². The molecule has 0 aliphatic rings. The van der Waals surface area contributed by atoms with Gasteiger partial charge >= 0.3 is 12.7 Å². The van der Waals surface area contributed by atoms with E-state index in [9.17, 15) is 13.6 Å². The molecule has 0 fully saturated rings. The Hall–Kier alpha value is -1.89. The molecular formula is C13H18F2N2O3. The van der Waals surface area contributed by atoms with Crippen molar-refractivity contribution in [3.05, 3.63) is 29.8 Å². The molecule has 2 N–H and O–H groups in total. The fraction of sp³-hybridized carbons (Fsp3) is 0.462. The Bertz CT molecular complexity index is 430. The van der Waals surface area contributed by atoms with Crippen molar-refractivity contribution in [2.75, 3.05) is 0 Å². The van der Waals surface area contributed by atoms with Gasteiger partial charge in [0.2, 0.25) is 0 Å². The van der Waals surface area contributed by atoms with E-state index in [0.717, 1.165) is 5.56 Å². The largest absolute Gasteiger partial charge is 0.443 e. The summed E-state index contributed by atoms with van der Waals surface area (Å²) in [4.78, 5) is 11.3. The molecule has 0 saturated heterocycles. The lowest BCUT2D eigenvalue weighted by atomic mass is 10.2. The van der Waals surface area contributed by atoms with Crippen LogP contribution >= 0.6 is 0 Å². The normalized spacial score (nSPS) is 11.3. The van der Waals surface area contributed by atoms with Gasteiger partial charge in [-0.15, -0.1) is 0 Å². The number of rotatable bonds is 5. The molecular weight excluding hydrogens is 270 g/mol. The van der Waals surface area contributed by atoms with Crippen LogP contribution in [-0.2, 0) is 11.3 Å². The Kier molecular flexibility index (Phi) is 5.69. The zero-order chi connectivity index (χ0) is 15.2. The monoisotopic (exact) mass is 288 g/mol. The van der Waals surface area contributed by atoms with Crippen molar-refractivity contribution >= 4 is 6.09 Å². The van der Waals surface area contributed by atoms with Gasteiger partial charge in [-0.3, -0.25) is 5.43 Å². The highest BCUT2D eigenvalue weighted by Gasteiger charge is 2.15. The van der Waals surface area contributed by atoms with E-state index in [2.05, 4.69) is 15.6 Å². The molecule has 0 spiro atoms. The molecule has 0 atom stereocenters. The summed E-state index contributed by atoms with van der Waals surface area (Å²) in [5, 5.41) is 0. The molecule has 0 aromatic heterocycles. The number of nitrogens with one attached hydrogen (secondary N) is 2. The molecule has 1 amide bonds. The van der Waals surface area contributed by atoms with E-state index in [1.54, 1.807) is 32.9 Å². The average Bonchev–Trinajstić information content (AvgIpc) is 2.28. The minimum Gasteiger partial charge on any atom is -0.443 e. The fourth-order valence-corrected chi connectivity index (χ4v) is 1.31. The van der Waals surface area contributed by atoms with Crippen LogP contribution in [0.4, 0.5) is 13.6 Å². The van der Waals surface area contributed by atoms with E-state index < -0.39 is 18.3 Å². The van der Waals surface area contributed by atoms with E-state index in [0.29, 0.717) is 6.54 Å². The van der Waals surface area contributed by atoms with Gasteiger partial charge in [-0.25, -0.2) is 10.2 Å². The molecule has 0 unspecified atom stereocenters. The summed E-state index contributed by atoms with van der Waals surface area (Å²) in [7, 11) is 0. The van der Waals surface area contributed by atoms with E-state index in [1.807, 2.05) is 0 Å². The van der Waals surface area contributed by atoms with Gasteiger partial charge in [-0.05, 0) is 38.5 Å². The maximum Gasteiger partial charge on any atom is 0.422 e. The van der Waals surface area contributed by atoms with E-state index in [4.69, 9.17) is 4.74 Å². The Labute approximate surface area is 116 Å². The molecule has 0 heterocycles. The maximum absolute atomic E-state index is 12.0. The third kappa shape index (κ3) is 6.89. The number of hydrogen-bond donors (Lipinski definition) is 2. The van der Waals surface area contributed by atoms with Crippen molar-refractivity contribution < 1.29 is 23.0 Å². The zero-order valence-electron chi connectivity index (χ0n) is 11.6. The van der Waals surface area contributed by atoms with Crippen LogP contribution in [0, 0.1) is 0 Å². The number of alkyl halides is 2. The minimum absolute atomic E-state index is 0.0869. The number of hydrazine groups is 1. The molecule has 0 radical (unpaired) electrons. The molecule has 7 heteroatoms. The van der Waals surface area contributed by atoms with Crippen LogP contribution < -0.4 is 15.6 Å². The number of carbonyl (C=O) groups excluding carboxylic acids is 1. The van der Waals surface area contributed by atoms with Crippen LogP contribution in [0.25, 0.3) is 0 Å². The second-order valence-electron chi connectivity index (χ2n) is 5.00. The lowest BCUT2D eigenvalue weighted by Gasteiger charge is -2.19. The summed E-state index contributed by atoms with van der Waals surface area (Å²) in [5.41, 5.74) is 5.27. The summed E-state index contributed by atoms with van der Waals surface area (Å²) < 4.78 is 33.1. The summed E-state index contributed by atoms with van der Waals surface area (Å²) in [6.07, 6.45) is -0.588. The predicted octanol–water partition coefficient (Wildman–Crippen LogP) is 2.82. The second kappa shape index (κ2) is 7.04. The van der Waals surface area contributed by atoms with Gasteiger partial charge in [0.25, 0.3) is 0 Å². The molecule has 1 rings (SSSR count). The molecule has 0 aliphatic heterocycles. The second-order valence-corrected chi connectivity index (χ2v) is 5.00. The number of hydrogen-bond acceptors (Lipinski definition) is 4. The standard InChI is InChI=1S/C13H18F2N2O3/c1-13(2,3)20-12(18)17-16-8-9-4-6-10(7-5-9)19-11(14)15/h4-7,11,16H,8H2,1-3H3,(H,17,18). The first-order valence-corrected chi connectivity index (χ1v) is 6.02. The summed E-state index contributed by atoms with van der Waals surface area (Å²) in [5.74, 6) is 0.0869. The third-order valence-corrected chi connectivity index (χ3v) is 2.03. The van der Waals surface area contributed by atoms with Crippen LogP contribution in [0.1, 0.15) is 26.3 Å². The topological polar surface area (TPSA) is 59.6 Å². The molecule has 0 saturated carbocycles. The third-order valence-electron chi connectivity index (χ3n) is 2.03. The number of amides is 1. The van der Waals surface area contributed by atoms with E-state index >= 15 is 0 Å². The zero-order valence-corrected chi connectivity index (χ0v) is 11.6. The predicted molar refractivity (Wildman–Crippen MR) is 69.3 cm³/mol. The van der Waals surface area contributed by atoms with Gasteiger partial charge in [-0.1, -0.05) is 12.1 Å². The maximum atomic E-state index is 12.0. The SMILES string of the molecule is CC(C)(C)OC(=O)NNCc1ccc(OC(F)F)cc1. The van der Waals surface area contributed by atoms with Crippen molar-refractivity contribution in [3.63, 3.8) is 0 Å². The van der Waals surface area contributed by atoms with Crippen LogP contribution in [0.15, 0.2) is 24.3 Å². The van der Waals surface area contributed by atoms with E-state index in [-0.39, 0.29) is 5.75 Å². The number of ether oxygens (including phenoxy) is 2. The lowest BCUT2D eigenvalue weighted by Crippen LogP contribution is -2.40. The van der Waals surface area contributed by atoms with Crippen molar-refractivity contribution in [2.45, 2.75) is 39.5 Å². The first-order valence-electron chi connectivity index (χ1n) is 6.02.